The smallest absolute Gasteiger partial charge is 0.234 e. The van der Waals surface area contributed by atoms with Gasteiger partial charge >= 0.3 is 0 Å². The Balaban J connectivity index is 1.89. The zero-order valence-electron chi connectivity index (χ0n) is 12.9. The highest BCUT2D eigenvalue weighted by molar-refractivity contribution is 5.78. The topological polar surface area (TPSA) is 53.6 Å². The van der Waals surface area contributed by atoms with Crippen LogP contribution >= 0.6 is 0 Å². The molecule has 0 bridgehead atoms. The van der Waals surface area contributed by atoms with E-state index in [0.717, 1.165) is 43.9 Å². The Labute approximate surface area is 126 Å². The first-order chi connectivity index (χ1) is 10.2. The minimum absolute atomic E-state index is 0.0567. The van der Waals surface area contributed by atoms with Gasteiger partial charge in [-0.25, -0.2) is 0 Å². The maximum absolute atomic E-state index is 12.2. The lowest BCUT2D eigenvalue weighted by atomic mass is 10.1. The summed E-state index contributed by atoms with van der Waals surface area (Å²) in [4.78, 5) is 14.4. The molecule has 0 aromatic heterocycles. The fourth-order valence-electron chi connectivity index (χ4n) is 2.65. The van der Waals surface area contributed by atoms with Crippen molar-refractivity contribution in [1.29, 1.82) is 0 Å². The zero-order chi connectivity index (χ0) is 15.1. The van der Waals surface area contributed by atoms with E-state index in [2.05, 4.69) is 15.5 Å². The zero-order valence-corrected chi connectivity index (χ0v) is 12.9. The lowest BCUT2D eigenvalue weighted by molar-refractivity contribution is -0.122. The van der Waals surface area contributed by atoms with Crippen LogP contribution in [0.15, 0.2) is 24.3 Å². The van der Waals surface area contributed by atoms with Gasteiger partial charge in [-0.3, -0.25) is 9.69 Å². The maximum atomic E-state index is 12.2. The molecule has 1 aliphatic heterocycles. The Bertz CT molecular complexity index is 457. The van der Waals surface area contributed by atoms with Crippen molar-refractivity contribution in [2.45, 2.75) is 19.4 Å². The lowest BCUT2D eigenvalue weighted by Crippen LogP contribution is -2.39. The first-order valence-corrected chi connectivity index (χ1v) is 7.56. The van der Waals surface area contributed by atoms with Gasteiger partial charge in [-0.05, 0) is 32.5 Å². The molecule has 1 amide bonds. The summed E-state index contributed by atoms with van der Waals surface area (Å²) in [7, 11) is 1.65. The van der Waals surface area contributed by atoms with Crippen LogP contribution in [0.5, 0.6) is 5.75 Å². The van der Waals surface area contributed by atoms with E-state index in [9.17, 15) is 4.79 Å². The van der Waals surface area contributed by atoms with Crippen molar-refractivity contribution in [3.8, 4) is 5.75 Å². The average Bonchev–Trinajstić information content (AvgIpc) is 2.75. The third-order valence-corrected chi connectivity index (χ3v) is 3.78. The van der Waals surface area contributed by atoms with Gasteiger partial charge in [0, 0.05) is 18.7 Å². The van der Waals surface area contributed by atoms with Crippen molar-refractivity contribution >= 4 is 5.91 Å². The summed E-state index contributed by atoms with van der Waals surface area (Å²) in [5, 5.41) is 6.40. The SMILES string of the molecule is COc1ccccc1C(C)NC(=O)CN1CCCNCC1. The minimum atomic E-state index is -0.0567. The van der Waals surface area contributed by atoms with Gasteiger partial charge in [-0.15, -0.1) is 0 Å². The van der Waals surface area contributed by atoms with Crippen LogP contribution in [0, 0.1) is 0 Å². The van der Waals surface area contributed by atoms with Gasteiger partial charge in [-0.2, -0.15) is 0 Å². The molecule has 2 rings (SSSR count). The second-order valence-corrected chi connectivity index (χ2v) is 5.41. The molecule has 0 radical (unpaired) electrons. The number of rotatable bonds is 5. The molecule has 2 N–H and O–H groups in total. The number of hydrogen-bond donors (Lipinski definition) is 2. The number of nitrogens with zero attached hydrogens (tertiary/aromatic N) is 1. The molecule has 0 spiro atoms. The molecule has 21 heavy (non-hydrogen) atoms. The highest BCUT2D eigenvalue weighted by atomic mass is 16.5. The van der Waals surface area contributed by atoms with Crippen LogP contribution in [0.4, 0.5) is 0 Å². The van der Waals surface area contributed by atoms with E-state index in [1.165, 1.54) is 0 Å². The predicted octanol–water partition coefficient (Wildman–Crippen LogP) is 1.17. The van der Waals surface area contributed by atoms with Crippen LogP contribution in [0.25, 0.3) is 0 Å². The highest BCUT2D eigenvalue weighted by Crippen LogP contribution is 2.24. The van der Waals surface area contributed by atoms with E-state index >= 15 is 0 Å². The number of para-hydroxylation sites is 1. The van der Waals surface area contributed by atoms with Crippen molar-refractivity contribution in [3.05, 3.63) is 29.8 Å². The van der Waals surface area contributed by atoms with Crippen molar-refractivity contribution in [3.63, 3.8) is 0 Å². The molecule has 1 aromatic carbocycles. The molecule has 1 fully saturated rings. The second-order valence-electron chi connectivity index (χ2n) is 5.41. The van der Waals surface area contributed by atoms with Gasteiger partial charge in [0.2, 0.25) is 5.91 Å². The van der Waals surface area contributed by atoms with Crippen LogP contribution < -0.4 is 15.4 Å². The first kappa shape index (κ1) is 15.8. The number of carbonyl (C=O) groups excluding carboxylic acids is 1. The standard InChI is InChI=1S/C16H25N3O2/c1-13(14-6-3-4-7-15(14)21-2)18-16(20)12-19-10-5-8-17-9-11-19/h3-4,6-7,13,17H,5,8-12H2,1-2H3,(H,18,20). The third-order valence-electron chi connectivity index (χ3n) is 3.78. The van der Waals surface area contributed by atoms with Crippen molar-refractivity contribution in [2.75, 3.05) is 39.8 Å². The Morgan fingerprint density at radius 1 is 1.38 bits per heavy atom. The fraction of sp³-hybridized carbons (Fsp3) is 0.562. The molecule has 1 unspecified atom stereocenters. The van der Waals surface area contributed by atoms with Crippen molar-refractivity contribution < 1.29 is 9.53 Å². The van der Waals surface area contributed by atoms with Gasteiger partial charge in [0.25, 0.3) is 0 Å². The lowest BCUT2D eigenvalue weighted by Gasteiger charge is -2.21. The van der Waals surface area contributed by atoms with E-state index in [4.69, 9.17) is 4.74 Å². The fourth-order valence-corrected chi connectivity index (χ4v) is 2.65. The first-order valence-electron chi connectivity index (χ1n) is 7.56. The van der Waals surface area contributed by atoms with Crippen LogP contribution in [-0.4, -0.2) is 50.6 Å². The summed E-state index contributed by atoms with van der Waals surface area (Å²) in [6.07, 6.45) is 1.09. The highest BCUT2D eigenvalue weighted by Gasteiger charge is 2.16. The molecule has 5 heteroatoms. The molecule has 5 nitrogen and oxygen atoms in total. The third kappa shape index (κ3) is 4.72. The molecular weight excluding hydrogens is 266 g/mol. The summed E-state index contributed by atoms with van der Waals surface area (Å²) in [6, 6.07) is 7.74. The number of nitrogens with one attached hydrogen (secondary N) is 2. The molecule has 0 saturated carbocycles. The van der Waals surface area contributed by atoms with Gasteiger partial charge in [-0.1, -0.05) is 18.2 Å². The van der Waals surface area contributed by atoms with Crippen LogP contribution in [0.1, 0.15) is 24.9 Å². The summed E-state index contributed by atoms with van der Waals surface area (Å²) in [5.74, 6) is 0.875. The normalized spacial score (nSPS) is 17.8. The number of benzene rings is 1. The quantitative estimate of drug-likeness (QED) is 0.855. The Hall–Kier alpha value is -1.59. The number of carbonyl (C=O) groups is 1. The Kier molecular flexibility index (Phi) is 6.02. The molecule has 1 aromatic rings. The number of amides is 1. The van der Waals surface area contributed by atoms with E-state index < -0.39 is 0 Å². The Morgan fingerprint density at radius 3 is 3.00 bits per heavy atom. The number of ether oxygens (including phenoxy) is 1. The van der Waals surface area contributed by atoms with Crippen LogP contribution in [0.3, 0.4) is 0 Å². The summed E-state index contributed by atoms with van der Waals surface area (Å²) in [5.41, 5.74) is 1.01. The second kappa shape index (κ2) is 8.00. The largest absolute Gasteiger partial charge is 0.496 e. The predicted molar refractivity (Wildman–Crippen MR) is 83.5 cm³/mol. The molecule has 1 heterocycles. The number of methoxy groups -OCH3 is 1. The van der Waals surface area contributed by atoms with Gasteiger partial charge < -0.3 is 15.4 Å². The minimum Gasteiger partial charge on any atom is -0.496 e. The van der Waals surface area contributed by atoms with Gasteiger partial charge in [0.15, 0.2) is 0 Å². The van der Waals surface area contributed by atoms with E-state index in [0.29, 0.717) is 6.54 Å². The van der Waals surface area contributed by atoms with Crippen molar-refractivity contribution in [2.24, 2.45) is 0 Å². The molecule has 1 saturated heterocycles. The molecule has 1 aliphatic rings. The van der Waals surface area contributed by atoms with Crippen LogP contribution in [0.2, 0.25) is 0 Å². The number of hydrogen-bond acceptors (Lipinski definition) is 4. The molecular formula is C16H25N3O2. The van der Waals surface area contributed by atoms with Crippen molar-refractivity contribution in [1.82, 2.24) is 15.5 Å². The Morgan fingerprint density at radius 2 is 2.19 bits per heavy atom. The maximum Gasteiger partial charge on any atom is 0.234 e. The van der Waals surface area contributed by atoms with E-state index in [1.54, 1.807) is 7.11 Å². The van der Waals surface area contributed by atoms with E-state index in [-0.39, 0.29) is 11.9 Å². The molecule has 0 aliphatic carbocycles. The monoisotopic (exact) mass is 291 g/mol. The summed E-state index contributed by atoms with van der Waals surface area (Å²) < 4.78 is 5.34. The van der Waals surface area contributed by atoms with Gasteiger partial charge in [0.1, 0.15) is 5.75 Å². The molecule has 1 atom stereocenters. The molecule has 116 valence electrons. The average molecular weight is 291 g/mol. The van der Waals surface area contributed by atoms with Gasteiger partial charge in [0.05, 0.1) is 19.7 Å². The van der Waals surface area contributed by atoms with Crippen LogP contribution in [-0.2, 0) is 4.79 Å². The van der Waals surface area contributed by atoms with E-state index in [1.807, 2.05) is 31.2 Å². The summed E-state index contributed by atoms with van der Waals surface area (Å²) >= 11 is 0. The summed E-state index contributed by atoms with van der Waals surface area (Å²) in [6.45, 7) is 6.34.